The highest BCUT2D eigenvalue weighted by Gasteiger charge is 2.17. The van der Waals surface area contributed by atoms with Gasteiger partial charge < -0.3 is 33.2 Å². The van der Waals surface area contributed by atoms with E-state index in [4.69, 9.17) is 33.2 Å². The van der Waals surface area contributed by atoms with Gasteiger partial charge in [0, 0.05) is 24.8 Å². The van der Waals surface area contributed by atoms with E-state index in [1.54, 1.807) is 40.2 Å². The van der Waals surface area contributed by atoms with Gasteiger partial charge in [0.2, 0.25) is 0 Å². The fraction of sp³-hybridized carbons (Fsp3) is 0.500. The molecule has 0 saturated heterocycles. The molecule has 0 spiro atoms. The van der Waals surface area contributed by atoms with Gasteiger partial charge in [-0.15, -0.1) is 0 Å². The molecule has 2 rings (SSSR count). The molecule has 8 heteroatoms. The zero-order valence-corrected chi connectivity index (χ0v) is 21.3. The van der Waals surface area contributed by atoms with E-state index in [-0.39, 0.29) is 18.7 Å². The number of carbonyl (C=O) groups is 1. The van der Waals surface area contributed by atoms with Gasteiger partial charge in [-0.3, -0.25) is 4.79 Å². The lowest BCUT2D eigenvalue weighted by molar-refractivity contribution is -0.142. The highest BCUT2D eigenvalue weighted by molar-refractivity contribution is 5.75. The fourth-order valence-corrected chi connectivity index (χ4v) is 2.96. The van der Waals surface area contributed by atoms with E-state index in [9.17, 15) is 4.79 Å². The largest absolute Gasteiger partial charge is 0.497 e. The Morgan fingerprint density at radius 2 is 1.35 bits per heavy atom. The molecule has 0 aliphatic rings. The zero-order valence-electron chi connectivity index (χ0n) is 21.3. The molecule has 2 atom stereocenters. The number of rotatable bonds is 13. The third-order valence-corrected chi connectivity index (χ3v) is 4.38. The van der Waals surface area contributed by atoms with Crippen LogP contribution in [-0.4, -0.2) is 52.6 Å². The molecule has 0 N–H and O–H groups in total. The van der Waals surface area contributed by atoms with Gasteiger partial charge in [-0.2, -0.15) is 0 Å². The predicted octanol–water partition coefficient (Wildman–Crippen LogP) is 5.02. The SMILES string of the molecule is CCOC(=O)Cc1c(OC)cccc1OC(C)OCC.CCOC(C)Oc1cccc(OC)c1. The summed E-state index contributed by atoms with van der Waals surface area (Å²) in [5.41, 5.74) is 0.667. The maximum Gasteiger partial charge on any atom is 0.310 e. The lowest BCUT2D eigenvalue weighted by Gasteiger charge is -2.18. The zero-order chi connectivity index (χ0) is 25.3. The Labute approximate surface area is 203 Å². The van der Waals surface area contributed by atoms with Crippen LogP contribution in [0.2, 0.25) is 0 Å². The topological polar surface area (TPSA) is 81.7 Å². The third kappa shape index (κ3) is 10.8. The van der Waals surface area contributed by atoms with Crippen molar-refractivity contribution >= 4 is 5.97 Å². The van der Waals surface area contributed by atoms with E-state index in [1.165, 1.54) is 0 Å². The maximum atomic E-state index is 11.7. The maximum absolute atomic E-state index is 11.7. The van der Waals surface area contributed by atoms with Gasteiger partial charge in [0.25, 0.3) is 0 Å². The van der Waals surface area contributed by atoms with Crippen molar-refractivity contribution in [2.24, 2.45) is 0 Å². The van der Waals surface area contributed by atoms with Gasteiger partial charge >= 0.3 is 5.97 Å². The summed E-state index contributed by atoms with van der Waals surface area (Å²) >= 11 is 0. The minimum absolute atomic E-state index is 0.103. The van der Waals surface area contributed by atoms with Gasteiger partial charge in [0.1, 0.15) is 23.0 Å². The second-order valence-corrected chi connectivity index (χ2v) is 6.88. The van der Waals surface area contributed by atoms with Crippen molar-refractivity contribution in [2.75, 3.05) is 34.0 Å². The number of benzene rings is 2. The lowest BCUT2D eigenvalue weighted by atomic mass is 10.1. The van der Waals surface area contributed by atoms with Crippen molar-refractivity contribution in [1.29, 1.82) is 0 Å². The Morgan fingerprint density at radius 3 is 1.94 bits per heavy atom. The quantitative estimate of drug-likeness (QED) is 0.293. The van der Waals surface area contributed by atoms with Crippen molar-refractivity contribution in [3.8, 4) is 23.0 Å². The smallest absolute Gasteiger partial charge is 0.310 e. The Balaban J connectivity index is 0.000000362. The second kappa shape index (κ2) is 16.6. The van der Waals surface area contributed by atoms with Crippen molar-refractivity contribution < 1.29 is 38.0 Å². The molecule has 190 valence electrons. The van der Waals surface area contributed by atoms with Crippen LogP contribution in [0.15, 0.2) is 42.5 Å². The molecule has 0 saturated carbocycles. The molecule has 2 aromatic rings. The molecule has 8 nitrogen and oxygen atoms in total. The van der Waals surface area contributed by atoms with E-state index in [0.717, 1.165) is 11.5 Å². The Bertz CT molecular complexity index is 839. The van der Waals surface area contributed by atoms with Crippen molar-refractivity contribution in [3.63, 3.8) is 0 Å². The molecular weight excluding hydrogens is 440 g/mol. The molecule has 0 aromatic heterocycles. The van der Waals surface area contributed by atoms with E-state index in [2.05, 4.69) is 0 Å². The highest BCUT2D eigenvalue weighted by Crippen LogP contribution is 2.30. The van der Waals surface area contributed by atoms with Gasteiger partial charge in [0.05, 0.1) is 27.2 Å². The molecule has 34 heavy (non-hydrogen) atoms. The summed E-state index contributed by atoms with van der Waals surface area (Å²) in [7, 11) is 3.19. The summed E-state index contributed by atoms with van der Waals surface area (Å²) in [6.45, 7) is 10.8. The first kappa shape index (κ1) is 29.1. The van der Waals surface area contributed by atoms with Crippen LogP contribution >= 0.6 is 0 Å². The fourth-order valence-electron chi connectivity index (χ4n) is 2.96. The first-order valence-corrected chi connectivity index (χ1v) is 11.4. The Morgan fingerprint density at radius 1 is 0.765 bits per heavy atom. The second-order valence-electron chi connectivity index (χ2n) is 6.88. The third-order valence-electron chi connectivity index (χ3n) is 4.38. The standard InChI is InChI=1S/C15H22O5.C11H16O3/c1-5-18-11(3)20-14-9-7-8-13(17-4)12(14)10-15(16)19-6-2;1-4-13-9(2)14-11-7-5-6-10(8-11)12-3/h7-9,11H,5-6,10H2,1-4H3;5-9H,4H2,1-3H3. The minimum Gasteiger partial charge on any atom is -0.497 e. The summed E-state index contributed by atoms with van der Waals surface area (Å²) in [4.78, 5) is 11.7. The van der Waals surface area contributed by atoms with E-state index >= 15 is 0 Å². The predicted molar refractivity (Wildman–Crippen MR) is 130 cm³/mol. The van der Waals surface area contributed by atoms with Crippen LogP contribution in [0.5, 0.6) is 23.0 Å². The first-order chi connectivity index (χ1) is 16.4. The number of ether oxygens (including phenoxy) is 7. The number of esters is 1. The summed E-state index contributed by atoms with van der Waals surface area (Å²) in [6, 6.07) is 12.8. The monoisotopic (exact) mass is 478 g/mol. The molecule has 2 aromatic carbocycles. The van der Waals surface area contributed by atoms with Crippen LogP contribution < -0.4 is 18.9 Å². The van der Waals surface area contributed by atoms with Gasteiger partial charge in [-0.1, -0.05) is 12.1 Å². The van der Waals surface area contributed by atoms with Crippen molar-refractivity contribution in [3.05, 3.63) is 48.0 Å². The first-order valence-electron chi connectivity index (χ1n) is 11.4. The molecule has 0 aliphatic carbocycles. The minimum atomic E-state index is -0.395. The van der Waals surface area contributed by atoms with Crippen LogP contribution in [0, 0.1) is 0 Å². The van der Waals surface area contributed by atoms with Crippen molar-refractivity contribution in [1.82, 2.24) is 0 Å². The van der Waals surface area contributed by atoms with Crippen LogP contribution in [0.25, 0.3) is 0 Å². The van der Waals surface area contributed by atoms with Crippen LogP contribution in [0.3, 0.4) is 0 Å². The molecule has 0 amide bonds. The summed E-state index contributed by atoms with van der Waals surface area (Å²) in [6.07, 6.45) is -0.522. The van der Waals surface area contributed by atoms with E-state index in [1.807, 2.05) is 51.1 Å². The average Bonchev–Trinajstić information content (AvgIpc) is 2.81. The van der Waals surface area contributed by atoms with E-state index in [0.29, 0.717) is 36.9 Å². The summed E-state index contributed by atoms with van der Waals surface area (Å²) < 4.78 is 37.1. The molecule has 2 unspecified atom stereocenters. The molecule has 0 bridgehead atoms. The molecular formula is C26H38O8. The van der Waals surface area contributed by atoms with Gasteiger partial charge in [0.15, 0.2) is 12.6 Å². The van der Waals surface area contributed by atoms with Gasteiger partial charge in [-0.05, 0) is 58.9 Å². The normalized spacial score (nSPS) is 12.0. The molecule has 0 radical (unpaired) electrons. The van der Waals surface area contributed by atoms with Gasteiger partial charge in [-0.25, -0.2) is 0 Å². The number of carbonyl (C=O) groups excluding carboxylic acids is 1. The highest BCUT2D eigenvalue weighted by atomic mass is 16.7. The Hall–Kier alpha value is -2.97. The summed E-state index contributed by atoms with van der Waals surface area (Å²) in [5, 5.41) is 0. The summed E-state index contributed by atoms with van der Waals surface area (Å²) in [5.74, 6) is 2.39. The number of hydrogen-bond acceptors (Lipinski definition) is 8. The van der Waals surface area contributed by atoms with E-state index < -0.39 is 6.29 Å². The van der Waals surface area contributed by atoms with Crippen molar-refractivity contribution in [2.45, 2.75) is 53.6 Å². The molecule has 0 heterocycles. The van der Waals surface area contributed by atoms with Crippen LogP contribution in [0.1, 0.15) is 40.2 Å². The Kier molecular flexibility index (Phi) is 14.2. The molecule has 0 fully saturated rings. The molecule has 0 aliphatic heterocycles. The number of methoxy groups -OCH3 is 2. The number of hydrogen-bond donors (Lipinski definition) is 0. The van der Waals surface area contributed by atoms with Crippen LogP contribution in [0.4, 0.5) is 0 Å². The van der Waals surface area contributed by atoms with Crippen LogP contribution in [-0.2, 0) is 25.4 Å². The lowest BCUT2D eigenvalue weighted by Crippen LogP contribution is -2.18. The average molecular weight is 479 g/mol.